The third-order valence-electron chi connectivity index (χ3n) is 2.01. The molecule has 0 aliphatic carbocycles. The largest absolute Gasteiger partial charge is 0.383 e. The highest BCUT2D eigenvalue weighted by Crippen LogP contribution is 2.26. The van der Waals surface area contributed by atoms with E-state index in [0.717, 1.165) is 18.2 Å². The van der Waals surface area contributed by atoms with Crippen molar-refractivity contribution < 1.29 is 13.9 Å². The molecule has 1 heterocycles. The standard InChI is InChI=1S/C11H8F2OS/c12-8-4-7(5-9(13)6-8)11(14)10-2-1-3-15-10/h1-6,11,14H/t11-/m0/s1. The second-order valence-corrected chi connectivity index (χ2v) is 4.10. The molecule has 0 saturated heterocycles. The van der Waals surface area contributed by atoms with Crippen molar-refractivity contribution >= 4 is 11.3 Å². The van der Waals surface area contributed by atoms with Crippen LogP contribution in [0.15, 0.2) is 35.7 Å². The van der Waals surface area contributed by atoms with Gasteiger partial charge in [0.2, 0.25) is 0 Å². The maximum atomic E-state index is 12.9. The zero-order valence-electron chi connectivity index (χ0n) is 7.65. The first-order chi connectivity index (χ1) is 7.16. The third kappa shape index (κ3) is 2.22. The maximum Gasteiger partial charge on any atom is 0.126 e. The number of aliphatic hydroxyl groups excluding tert-OH is 1. The van der Waals surface area contributed by atoms with Crippen molar-refractivity contribution in [1.82, 2.24) is 0 Å². The summed E-state index contributed by atoms with van der Waals surface area (Å²) in [5, 5.41) is 11.6. The molecule has 0 bridgehead atoms. The molecule has 1 nitrogen and oxygen atoms in total. The predicted octanol–water partition coefficient (Wildman–Crippen LogP) is 3.11. The maximum absolute atomic E-state index is 12.9. The summed E-state index contributed by atoms with van der Waals surface area (Å²) in [6, 6.07) is 6.54. The molecule has 0 radical (unpaired) electrons. The monoisotopic (exact) mass is 226 g/mol. The molecule has 1 aromatic carbocycles. The van der Waals surface area contributed by atoms with E-state index in [-0.39, 0.29) is 5.56 Å². The fourth-order valence-corrected chi connectivity index (χ4v) is 2.08. The van der Waals surface area contributed by atoms with Gasteiger partial charge in [0.25, 0.3) is 0 Å². The van der Waals surface area contributed by atoms with Crippen LogP contribution < -0.4 is 0 Å². The van der Waals surface area contributed by atoms with Crippen LogP contribution in [0.2, 0.25) is 0 Å². The molecule has 0 fully saturated rings. The Balaban J connectivity index is 2.37. The van der Waals surface area contributed by atoms with Crippen molar-refractivity contribution in [3.8, 4) is 0 Å². The Hall–Kier alpha value is -1.26. The average Bonchev–Trinajstić information content (AvgIpc) is 2.67. The van der Waals surface area contributed by atoms with Gasteiger partial charge in [0, 0.05) is 10.9 Å². The SMILES string of the molecule is O[C@@H](c1cc(F)cc(F)c1)c1cccs1. The number of halogens is 2. The van der Waals surface area contributed by atoms with Gasteiger partial charge in [-0.25, -0.2) is 8.78 Å². The minimum absolute atomic E-state index is 0.231. The van der Waals surface area contributed by atoms with E-state index >= 15 is 0 Å². The van der Waals surface area contributed by atoms with E-state index in [4.69, 9.17) is 0 Å². The van der Waals surface area contributed by atoms with Crippen LogP contribution in [0, 0.1) is 11.6 Å². The minimum atomic E-state index is -0.963. The minimum Gasteiger partial charge on any atom is -0.383 e. The lowest BCUT2D eigenvalue weighted by atomic mass is 10.1. The van der Waals surface area contributed by atoms with Crippen molar-refractivity contribution in [2.45, 2.75) is 6.10 Å². The van der Waals surface area contributed by atoms with E-state index in [1.807, 2.05) is 0 Å². The van der Waals surface area contributed by atoms with Gasteiger partial charge in [-0.2, -0.15) is 0 Å². The van der Waals surface area contributed by atoms with Crippen molar-refractivity contribution in [2.75, 3.05) is 0 Å². The lowest BCUT2D eigenvalue weighted by Crippen LogP contribution is -1.98. The zero-order valence-corrected chi connectivity index (χ0v) is 8.47. The topological polar surface area (TPSA) is 20.2 Å². The lowest BCUT2D eigenvalue weighted by Gasteiger charge is -2.08. The third-order valence-corrected chi connectivity index (χ3v) is 2.94. The van der Waals surface area contributed by atoms with Crippen LogP contribution in [0.5, 0.6) is 0 Å². The normalized spacial score (nSPS) is 12.7. The molecule has 15 heavy (non-hydrogen) atoms. The first-order valence-electron chi connectivity index (χ1n) is 4.34. The van der Waals surface area contributed by atoms with Crippen LogP contribution in [0.25, 0.3) is 0 Å². The Labute approximate surface area is 89.6 Å². The molecular weight excluding hydrogens is 218 g/mol. The van der Waals surface area contributed by atoms with E-state index in [1.54, 1.807) is 17.5 Å². The fraction of sp³-hybridized carbons (Fsp3) is 0.0909. The molecule has 0 aliphatic heterocycles. The molecule has 0 amide bonds. The molecule has 0 saturated carbocycles. The van der Waals surface area contributed by atoms with Gasteiger partial charge >= 0.3 is 0 Å². The highest BCUT2D eigenvalue weighted by atomic mass is 32.1. The van der Waals surface area contributed by atoms with Crippen LogP contribution >= 0.6 is 11.3 Å². The molecule has 1 aromatic heterocycles. The summed E-state index contributed by atoms with van der Waals surface area (Å²) < 4.78 is 25.8. The second kappa shape index (κ2) is 4.08. The van der Waals surface area contributed by atoms with Crippen LogP contribution in [0.3, 0.4) is 0 Å². The van der Waals surface area contributed by atoms with Gasteiger partial charge in [-0.3, -0.25) is 0 Å². The fourth-order valence-electron chi connectivity index (χ4n) is 1.34. The Morgan fingerprint density at radius 2 is 1.80 bits per heavy atom. The number of hydrogen-bond donors (Lipinski definition) is 1. The molecule has 1 N–H and O–H groups in total. The molecule has 0 aliphatic rings. The summed E-state index contributed by atoms with van der Waals surface area (Å²) in [6.45, 7) is 0. The van der Waals surface area contributed by atoms with Gasteiger partial charge in [0.1, 0.15) is 17.7 Å². The van der Waals surface area contributed by atoms with Crippen molar-refractivity contribution in [2.24, 2.45) is 0 Å². The predicted molar refractivity (Wildman–Crippen MR) is 54.7 cm³/mol. The Bertz CT molecular complexity index is 433. The molecule has 2 rings (SSSR count). The van der Waals surface area contributed by atoms with E-state index in [0.29, 0.717) is 4.88 Å². The number of thiophene rings is 1. The summed E-state index contributed by atoms with van der Waals surface area (Å²) in [5.74, 6) is -1.36. The van der Waals surface area contributed by atoms with Gasteiger partial charge in [-0.05, 0) is 29.1 Å². The summed E-state index contributed by atoms with van der Waals surface area (Å²) in [4.78, 5) is 0.667. The molecule has 78 valence electrons. The summed E-state index contributed by atoms with van der Waals surface area (Å²) in [7, 11) is 0. The number of benzene rings is 1. The summed E-state index contributed by atoms with van der Waals surface area (Å²) in [5.41, 5.74) is 0.231. The van der Waals surface area contributed by atoms with E-state index in [2.05, 4.69) is 0 Å². The lowest BCUT2D eigenvalue weighted by molar-refractivity contribution is 0.223. The Morgan fingerprint density at radius 3 is 2.33 bits per heavy atom. The first-order valence-corrected chi connectivity index (χ1v) is 5.22. The Morgan fingerprint density at radius 1 is 1.13 bits per heavy atom. The van der Waals surface area contributed by atoms with E-state index < -0.39 is 17.7 Å². The number of aliphatic hydroxyl groups is 1. The molecule has 1 atom stereocenters. The van der Waals surface area contributed by atoms with E-state index in [9.17, 15) is 13.9 Å². The van der Waals surface area contributed by atoms with E-state index in [1.165, 1.54) is 11.3 Å². The van der Waals surface area contributed by atoms with Gasteiger partial charge in [0.15, 0.2) is 0 Å². The number of rotatable bonds is 2. The van der Waals surface area contributed by atoms with Crippen LogP contribution in [0.4, 0.5) is 8.78 Å². The van der Waals surface area contributed by atoms with Gasteiger partial charge in [-0.1, -0.05) is 6.07 Å². The smallest absolute Gasteiger partial charge is 0.126 e. The van der Waals surface area contributed by atoms with Gasteiger partial charge in [-0.15, -0.1) is 11.3 Å². The molecule has 0 spiro atoms. The van der Waals surface area contributed by atoms with Gasteiger partial charge in [0.05, 0.1) is 0 Å². The van der Waals surface area contributed by atoms with Crippen molar-refractivity contribution in [1.29, 1.82) is 0 Å². The van der Waals surface area contributed by atoms with Crippen LogP contribution in [0.1, 0.15) is 16.5 Å². The summed E-state index contributed by atoms with van der Waals surface area (Å²) >= 11 is 1.34. The molecule has 4 heteroatoms. The van der Waals surface area contributed by atoms with Crippen LogP contribution in [-0.4, -0.2) is 5.11 Å². The first kappa shape index (κ1) is 10.3. The Kier molecular flexibility index (Phi) is 2.79. The zero-order chi connectivity index (χ0) is 10.8. The molecular formula is C11H8F2OS. The highest BCUT2D eigenvalue weighted by Gasteiger charge is 2.13. The molecule has 0 unspecified atom stereocenters. The van der Waals surface area contributed by atoms with Crippen molar-refractivity contribution in [3.05, 3.63) is 57.8 Å². The van der Waals surface area contributed by atoms with Crippen LogP contribution in [-0.2, 0) is 0 Å². The van der Waals surface area contributed by atoms with Crippen molar-refractivity contribution in [3.63, 3.8) is 0 Å². The highest BCUT2D eigenvalue weighted by molar-refractivity contribution is 7.10. The van der Waals surface area contributed by atoms with Gasteiger partial charge < -0.3 is 5.11 Å². The average molecular weight is 226 g/mol. The molecule has 2 aromatic rings. The quantitative estimate of drug-likeness (QED) is 0.834. The summed E-state index contributed by atoms with van der Waals surface area (Å²) in [6.07, 6.45) is -0.963. The second-order valence-electron chi connectivity index (χ2n) is 3.12. The number of hydrogen-bond acceptors (Lipinski definition) is 2.